The molecule has 0 radical (unpaired) electrons. The fourth-order valence-electron chi connectivity index (χ4n) is 2.90. The lowest BCUT2D eigenvalue weighted by atomic mass is 10.1. The summed E-state index contributed by atoms with van der Waals surface area (Å²) >= 11 is 0. The maximum Gasteiger partial charge on any atom is 0.450 e. The van der Waals surface area contributed by atoms with Gasteiger partial charge in [-0.2, -0.15) is 26.3 Å². The average Bonchev–Trinajstić information content (AvgIpc) is 3.11. The molecule has 0 aliphatic carbocycles. The number of nitrogens with zero attached hydrogens (tertiary/aromatic N) is 3. The molecular weight excluding hydrogens is 378 g/mol. The molecule has 0 unspecified atom stereocenters. The van der Waals surface area contributed by atoms with E-state index in [0.717, 1.165) is 6.07 Å². The van der Waals surface area contributed by atoms with E-state index in [2.05, 4.69) is 15.3 Å². The van der Waals surface area contributed by atoms with Crippen LogP contribution in [0.1, 0.15) is 17.1 Å². The molecule has 27 heavy (non-hydrogen) atoms. The van der Waals surface area contributed by atoms with Gasteiger partial charge in [-0.15, -0.1) is 0 Å². The summed E-state index contributed by atoms with van der Waals surface area (Å²) < 4.78 is 79.7. The number of carbonyl (C=O) groups excluding carboxylic acids is 1. The van der Waals surface area contributed by atoms with Gasteiger partial charge in [0.25, 0.3) is 0 Å². The van der Waals surface area contributed by atoms with Crippen molar-refractivity contribution >= 4 is 22.8 Å². The first-order chi connectivity index (χ1) is 12.5. The number of anilines is 1. The number of hydrogen-bond donors (Lipinski definition) is 1. The number of amides is 1. The number of nitrogens with one attached hydrogen (secondary N) is 1. The van der Waals surface area contributed by atoms with Crippen LogP contribution in [-0.2, 0) is 23.6 Å². The van der Waals surface area contributed by atoms with E-state index in [1.165, 1.54) is 18.2 Å². The predicted octanol–water partition coefficient (Wildman–Crippen LogP) is 3.95. The molecule has 1 aromatic carbocycles. The Balaban J connectivity index is 2.00. The molecule has 0 atom stereocenters. The lowest BCUT2D eigenvalue weighted by Gasteiger charge is -2.12. The van der Waals surface area contributed by atoms with Crippen LogP contribution < -0.4 is 5.32 Å². The van der Waals surface area contributed by atoms with Crippen LogP contribution in [0.5, 0.6) is 0 Å². The molecule has 4 rings (SSSR count). The number of fused-ring (bicyclic) bond motifs is 2. The summed E-state index contributed by atoms with van der Waals surface area (Å²) in [7, 11) is 0. The van der Waals surface area contributed by atoms with E-state index in [1.54, 1.807) is 0 Å². The van der Waals surface area contributed by atoms with Crippen LogP contribution in [0.15, 0.2) is 30.3 Å². The minimum Gasteiger partial charge on any atom is -0.326 e. The number of hydrogen-bond acceptors (Lipinski definition) is 3. The molecule has 5 nitrogen and oxygen atoms in total. The summed E-state index contributed by atoms with van der Waals surface area (Å²) in [5.74, 6) is -1.73. The molecule has 1 aliphatic rings. The van der Waals surface area contributed by atoms with Gasteiger partial charge in [0.1, 0.15) is 11.2 Å². The fraction of sp³-hybridized carbons (Fsp3) is 0.188. The van der Waals surface area contributed by atoms with Crippen LogP contribution >= 0.6 is 0 Å². The van der Waals surface area contributed by atoms with Gasteiger partial charge in [-0.25, -0.2) is 9.97 Å². The van der Waals surface area contributed by atoms with Crippen LogP contribution in [0.2, 0.25) is 0 Å². The van der Waals surface area contributed by atoms with Gasteiger partial charge in [-0.3, -0.25) is 9.36 Å². The lowest BCUT2D eigenvalue weighted by molar-refractivity contribution is -0.145. The van der Waals surface area contributed by atoms with Crippen LogP contribution in [0.25, 0.3) is 16.9 Å². The highest BCUT2D eigenvalue weighted by Gasteiger charge is 2.40. The standard InChI is InChI=1S/C16H8F6N4O/c17-15(18,19)11-4-3-10-13(25-11)26(14(24-10)16(20,21)22)8-1-2-9-7(5-8)6-12(27)23-9/h1-5H,6H2,(H,23,27). The van der Waals surface area contributed by atoms with Crippen molar-refractivity contribution in [1.82, 2.24) is 14.5 Å². The number of imidazole rings is 1. The lowest BCUT2D eigenvalue weighted by Crippen LogP contribution is -2.15. The molecule has 0 bridgehead atoms. The van der Waals surface area contributed by atoms with E-state index < -0.39 is 29.5 Å². The molecule has 3 aromatic rings. The van der Waals surface area contributed by atoms with Gasteiger partial charge in [0.15, 0.2) is 5.65 Å². The van der Waals surface area contributed by atoms with Crippen molar-refractivity contribution in [3.05, 3.63) is 47.4 Å². The second-order valence-corrected chi connectivity index (χ2v) is 5.87. The third-order valence-electron chi connectivity index (χ3n) is 4.02. The van der Waals surface area contributed by atoms with Crippen molar-refractivity contribution < 1.29 is 31.1 Å². The summed E-state index contributed by atoms with van der Waals surface area (Å²) in [6, 6.07) is 5.35. The number of pyridine rings is 1. The summed E-state index contributed by atoms with van der Waals surface area (Å²) in [5.41, 5.74) is -1.46. The number of benzene rings is 1. The molecule has 11 heteroatoms. The van der Waals surface area contributed by atoms with E-state index in [-0.39, 0.29) is 23.5 Å². The summed E-state index contributed by atoms with van der Waals surface area (Å²) in [6.07, 6.45) is -9.79. The molecule has 1 amide bonds. The Kier molecular flexibility index (Phi) is 3.49. The third-order valence-corrected chi connectivity index (χ3v) is 4.02. The van der Waals surface area contributed by atoms with Crippen molar-refractivity contribution in [1.29, 1.82) is 0 Å². The van der Waals surface area contributed by atoms with E-state index in [1.807, 2.05) is 0 Å². The minimum absolute atomic E-state index is 0.0433. The van der Waals surface area contributed by atoms with E-state index >= 15 is 0 Å². The van der Waals surface area contributed by atoms with Gasteiger partial charge >= 0.3 is 12.4 Å². The quantitative estimate of drug-likeness (QED) is 0.645. The highest BCUT2D eigenvalue weighted by Crippen LogP contribution is 2.36. The topological polar surface area (TPSA) is 59.8 Å². The zero-order chi connectivity index (χ0) is 19.6. The molecule has 3 heterocycles. The zero-order valence-corrected chi connectivity index (χ0v) is 13.1. The first-order valence-electron chi connectivity index (χ1n) is 7.51. The monoisotopic (exact) mass is 386 g/mol. The van der Waals surface area contributed by atoms with Crippen LogP contribution in [0.4, 0.5) is 32.0 Å². The van der Waals surface area contributed by atoms with Crippen molar-refractivity contribution in [2.45, 2.75) is 18.8 Å². The summed E-state index contributed by atoms with van der Waals surface area (Å²) in [4.78, 5) is 18.2. The Labute approximate surface area is 146 Å². The molecule has 1 aliphatic heterocycles. The van der Waals surface area contributed by atoms with Gasteiger partial charge in [0.2, 0.25) is 11.7 Å². The zero-order valence-electron chi connectivity index (χ0n) is 13.1. The Morgan fingerprint density at radius 3 is 2.37 bits per heavy atom. The molecule has 0 spiro atoms. The molecule has 0 saturated carbocycles. The Morgan fingerprint density at radius 2 is 1.70 bits per heavy atom. The van der Waals surface area contributed by atoms with E-state index in [4.69, 9.17) is 0 Å². The van der Waals surface area contributed by atoms with Crippen LogP contribution in [0.3, 0.4) is 0 Å². The first-order valence-corrected chi connectivity index (χ1v) is 7.51. The third kappa shape index (κ3) is 2.88. The highest BCUT2D eigenvalue weighted by atomic mass is 19.4. The summed E-state index contributed by atoms with van der Waals surface area (Å²) in [6.45, 7) is 0. The number of carbonyl (C=O) groups is 1. The second kappa shape index (κ2) is 5.44. The molecule has 2 aromatic heterocycles. The maximum absolute atomic E-state index is 13.4. The Hall–Kier alpha value is -3.11. The normalized spacial score (nSPS) is 14.5. The Bertz CT molecular complexity index is 1080. The highest BCUT2D eigenvalue weighted by molar-refractivity contribution is 5.99. The number of aromatic nitrogens is 3. The number of alkyl halides is 6. The molecule has 0 fully saturated rings. The van der Waals surface area contributed by atoms with Crippen molar-refractivity contribution in [2.75, 3.05) is 5.32 Å². The van der Waals surface area contributed by atoms with E-state index in [0.29, 0.717) is 21.9 Å². The van der Waals surface area contributed by atoms with Crippen molar-refractivity contribution in [2.24, 2.45) is 0 Å². The predicted molar refractivity (Wildman–Crippen MR) is 81.2 cm³/mol. The Morgan fingerprint density at radius 1 is 0.963 bits per heavy atom. The summed E-state index contributed by atoms with van der Waals surface area (Å²) in [5, 5.41) is 2.53. The van der Waals surface area contributed by atoms with Gasteiger partial charge in [0, 0.05) is 11.4 Å². The second-order valence-electron chi connectivity index (χ2n) is 5.87. The van der Waals surface area contributed by atoms with Crippen molar-refractivity contribution in [3.8, 4) is 5.69 Å². The average molecular weight is 386 g/mol. The molecule has 0 saturated heterocycles. The van der Waals surface area contributed by atoms with Crippen LogP contribution in [-0.4, -0.2) is 20.4 Å². The van der Waals surface area contributed by atoms with Crippen molar-refractivity contribution in [3.63, 3.8) is 0 Å². The van der Waals surface area contributed by atoms with Gasteiger partial charge < -0.3 is 5.32 Å². The SMILES string of the molecule is O=C1Cc2cc(-n3c(C(F)(F)F)nc4ccc(C(F)(F)F)nc43)ccc2N1. The molecule has 1 N–H and O–H groups in total. The number of rotatable bonds is 1. The minimum atomic E-state index is -4.92. The molecule has 140 valence electrons. The maximum atomic E-state index is 13.4. The number of halogens is 6. The smallest absolute Gasteiger partial charge is 0.326 e. The van der Waals surface area contributed by atoms with E-state index in [9.17, 15) is 31.1 Å². The largest absolute Gasteiger partial charge is 0.450 e. The van der Waals surface area contributed by atoms with Gasteiger partial charge in [-0.05, 0) is 35.9 Å². The van der Waals surface area contributed by atoms with Gasteiger partial charge in [-0.1, -0.05) is 0 Å². The molecular formula is C16H8F6N4O. The first kappa shape index (κ1) is 17.3. The van der Waals surface area contributed by atoms with Gasteiger partial charge in [0.05, 0.1) is 6.42 Å². The fourth-order valence-corrected chi connectivity index (χ4v) is 2.90. The van der Waals surface area contributed by atoms with Crippen LogP contribution in [0, 0.1) is 0 Å².